The van der Waals surface area contributed by atoms with Crippen LogP contribution in [0.2, 0.25) is 0 Å². The van der Waals surface area contributed by atoms with Crippen LogP contribution in [0.25, 0.3) is 0 Å². The predicted molar refractivity (Wildman–Crippen MR) is 94.0 cm³/mol. The number of aromatic hydroxyl groups is 6. The van der Waals surface area contributed by atoms with Crippen molar-refractivity contribution in [3.05, 3.63) is 50.7 Å². The summed E-state index contributed by atoms with van der Waals surface area (Å²) in [5.74, 6) is -6.26. The van der Waals surface area contributed by atoms with Crippen LogP contribution in [0.1, 0.15) is 20.7 Å². The molecule has 0 radical (unpaired) electrons. The third-order valence-corrected chi connectivity index (χ3v) is 3.65. The molecule has 2 rings (SSSR count). The molecule has 0 aromatic heterocycles. The van der Waals surface area contributed by atoms with Crippen LogP contribution in [0.3, 0.4) is 0 Å². The lowest BCUT2D eigenvalue weighted by Crippen LogP contribution is -2.50. The highest BCUT2D eigenvalue weighted by atomic mass is 16.9. The summed E-state index contributed by atoms with van der Waals surface area (Å²) in [4.78, 5) is 33.5. The lowest BCUT2D eigenvalue weighted by molar-refractivity contribution is -0.720. The first kappa shape index (κ1) is 22.8. The Hall–Kier alpha value is -4.26. The number of amides is 2. The Kier molecular flexibility index (Phi) is 6.43. The van der Waals surface area contributed by atoms with Crippen molar-refractivity contribution in [3.8, 4) is 34.5 Å². The lowest BCUT2D eigenvalue weighted by Gasteiger charge is -2.24. The fourth-order valence-corrected chi connectivity index (χ4v) is 2.19. The van der Waals surface area contributed by atoms with E-state index in [9.17, 15) is 40.2 Å². The van der Waals surface area contributed by atoms with E-state index in [1.54, 1.807) is 0 Å². The number of nitrogens with zero attached hydrogens (tertiary/aromatic N) is 2. The van der Waals surface area contributed by atoms with Crippen LogP contribution in [-0.4, -0.2) is 66.1 Å². The van der Waals surface area contributed by atoms with Gasteiger partial charge in [0.2, 0.25) is 0 Å². The minimum absolute atomic E-state index is 0.252. The molecule has 0 unspecified atom stereocenters. The molecule has 2 aromatic rings. The molecule has 0 saturated heterocycles. The van der Waals surface area contributed by atoms with E-state index in [2.05, 4.69) is 0 Å². The van der Waals surface area contributed by atoms with E-state index in [1.807, 2.05) is 0 Å². The number of imide groups is 1. The van der Waals surface area contributed by atoms with Gasteiger partial charge in [-0.15, -0.1) is 0 Å². The zero-order valence-electron chi connectivity index (χ0n) is 14.9. The number of carbonyl (C=O) groups excluding carboxylic acids is 2. The first-order valence-corrected chi connectivity index (χ1v) is 7.45. The average Bonchev–Trinajstić information content (AvgIpc) is 2.61. The van der Waals surface area contributed by atoms with Gasteiger partial charge in [0, 0.05) is 24.3 Å². The third-order valence-electron chi connectivity index (χ3n) is 3.65. The largest absolute Gasteiger partial charge is 0.504 e. The van der Waals surface area contributed by atoms with Crippen molar-refractivity contribution in [1.82, 2.24) is 0 Å². The van der Waals surface area contributed by atoms with Crippen molar-refractivity contribution in [1.29, 1.82) is 0 Å². The van der Waals surface area contributed by atoms with Crippen molar-refractivity contribution in [2.24, 2.45) is 0 Å². The van der Waals surface area contributed by atoms with Crippen LogP contribution in [0.5, 0.6) is 34.5 Å². The van der Waals surface area contributed by atoms with Crippen LogP contribution >= 0.6 is 0 Å². The molecule has 0 atom stereocenters. The molecule has 0 heterocycles. The maximum Gasteiger partial charge on any atom is 0.353 e. The van der Waals surface area contributed by atoms with Gasteiger partial charge in [0.15, 0.2) is 34.5 Å². The summed E-state index contributed by atoms with van der Waals surface area (Å²) >= 11 is 0. The first-order chi connectivity index (χ1) is 13.2. The Labute approximate surface area is 161 Å². The maximum atomic E-state index is 12.6. The Balaban J connectivity index is 0.000000960. The van der Waals surface area contributed by atoms with Crippen LogP contribution < -0.4 is 0 Å². The minimum Gasteiger partial charge on any atom is -0.504 e. The third kappa shape index (κ3) is 4.92. The molecule has 2 amide bonds. The van der Waals surface area contributed by atoms with Crippen molar-refractivity contribution < 1.29 is 49.8 Å². The van der Waals surface area contributed by atoms with E-state index in [0.29, 0.717) is 0 Å². The van der Waals surface area contributed by atoms with Gasteiger partial charge in [-0.1, -0.05) is 0 Å². The highest BCUT2D eigenvalue weighted by molar-refractivity contribution is 6.02. The van der Waals surface area contributed by atoms with Gasteiger partial charge in [-0.05, 0) is 0 Å². The van der Waals surface area contributed by atoms with E-state index in [0.717, 1.165) is 24.3 Å². The standard InChI is InChI=1S/C16H15NO8.NO3/c1-17(2,15(24)7-3-9(18)13(22)10(19)4-7)16(25)8-5-11(20)14(23)12(21)6-8;2-1(3)4/h3-6H,1-2H3,(H5-,18,19,20,21,22,23,24,25);/q;-1/p+1. The molecule has 0 aliphatic rings. The van der Waals surface area contributed by atoms with Gasteiger partial charge < -0.3 is 46.0 Å². The van der Waals surface area contributed by atoms with Gasteiger partial charge >= 0.3 is 11.8 Å². The first-order valence-electron chi connectivity index (χ1n) is 7.45. The molecule has 0 saturated carbocycles. The predicted octanol–water partition coefficient (Wildman–Crippen LogP) is 0.738. The smallest absolute Gasteiger partial charge is 0.353 e. The number of quaternary nitrogens is 1. The summed E-state index contributed by atoms with van der Waals surface area (Å²) in [6.07, 6.45) is 0. The Morgan fingerprint density at radius 1 is 0.724 bits per heavy atom. The summed E-state index contributed by atoms with van der Waals surface area (Å²) in [5, 5.41) is 71.4. The second-order valence-electron chi connectivity index (χ2n) is 6.01. The van der Waals surface area contributed by atoms with Crippen LogP contribution in [0.4, 0.5) is 0 Å². The molecule has 0 aliphatic heterocycles. The Morgan fingerprint density at radius 3 is 1.14 bits per heavy atom. The number of benzene rings is 2. The lowest BCUT2D eigenvalue weighted by atomic mass is 10.1. The van der Waals surface area contributed by atoms with Crippen LogP contribution in [-0.2, 0) is 0 Å². The number of phenols is 6. The number of hydrogen-bond donors (Lipinski definition) is 6. The van der Waals surface area contributed by atoms with E-state index >= 15 is 0 Å². The van der Waals surface area contributed by atoms with Gasteiger partial charge in [0.1, 0.15) is 0 Å². The quantitative estimate of drug-likeness (QED) is 0.133. The van der Waals surface area contributed by atoms with Crippen molar-refractivity contribution >= 4 is 11.8 Å². The van der Waals surface area contributed by atoms with Crippen LogP contribution in [0.15, 0.2) is 24.3 Å². The van der Waals surface area contributed by atoms with Crippen molar-refractivity contribution in [3.63, 3.8) is 0 Å². The maximum absolute atomic E-state index is 12.6. The fraction of sp³-hybridized carbons (Fsp3) is 0.125. The number of phenolic OH excluding ortho intramolecular Hbond substituents is 6. The van der Waals surface area contributed by atoms with E-state index < -0.39 is 55.9 Å². The Morgan fingerprint density at radius 2 is 0.931 bits per heavy atom. The molecule has 6 N–H and O–H groups in total. The number of carbonyl (C=O) groups is 2. The van der Waals surface area contributed by atoms with Gasteiger partial charge in [-0.2, -0.15) is 4.48 Å². The summed E-state index contributed by atoms with van der Waals surface area (Å²) < 4.78 is -0.937. The molecule has 0 bridgehead atoms. The summed E-state index contributed by atoms with van der Waals surface area (Å²) in [7, 11) is 2.43. The van der Waals surface area contributed by atoms with E-state index in [4.69, 9.17) is 15.3 Å². The molecule has 0 spiro atoms. The molecule has 2 aromatic carbocycles. The van der Waals surface area contributed by atoms with Gasteiger partial charge in [-0.3, -0.25) is 0 Å². The normalized spacial score (nSPS) is 10.6. The minimum atomic E-state index is -1.75. The summed E-state index contributed by atoms with van der Waals surface area (Å²) in [5.41, 5.74) is -0.503. The molecule has 0 aliphatic carbocycles. The molecular weight excluding hydrogens is 396 g/mol. The number of rotatable bonds is 2. The zero-order chi connectivity index (χ0) is 22.7. The molecule has 13 nitrogen and oxygen atoms in total. The summed E-state index contributed by atoms with van der Waals surface area (Å²) in [6.45, 7) is 0. The van der Waals surface area contributed by atoms with Crippen LogP contribution in [0, 0.1) is 15.3 Å². The average molecular weight is 412 g/mol. The second kappa shape index (κ2) is 8.18. The Bertz CT molecular complexity index is 863. The number of hydrogen-bond acceptors (Lipinski definition) is 11. The molecule has 13 heteroatoms. The highest BCUT2D eigenvalue weighted by Crippen LogP contribution is 2.38. The van der Waals surface area contributed by atoms with Gasteiger partial charge in [0.05, 0.1) is 30.3 Å². The van der Waals surface area contributed by atoms with Gasteiger partial charge in [-0.25, -0.2) is 9.59 Å². The van der Waals surface area contributed by atoms with Crippen molar-refractivity contribution in [2.45, 2.75) is 0 Å². The van der Waals surface area contributed by atoms with E-state index in [1.165, 1.54) is 14.1 Å². The molecule has 0 fully saturated rings. The molecule has 156 valence electrons. The highest BCUT2D eigenvalue weighted by Gasteiger charge is 2.39. The monoisotopic (exact) mass is 412 g/mol. The second-order valence-corrected chi connectivity index (χ2v) is 6.01. The fourth-order valence-electron chi connectivity index (χ4n) is 2.19. The van der Waals surface area contributed by atoms with Gasteiger partial charge in [0.25, 0.3) is 0 Å². The SMILES string of the molecule is C[N+](C)(C(=O)c1cc(O)c(O)c(O)c1)C(=O)c1cc(O)c(O)c(O)c1.O=[N+]([O-])[O-]. The summed E-state index contributed by atoms with van der Waals surface area (Å²) in [6, 6.07) is 3.54. The molecular formula is C16H16N2O11. The molecule has 29 heavy (non-hydrogen) atoms. The topological polar surface area (TPSA) is 222 Å². The van der Waals surface area contributed by atoms with Crippen molar-refractivity contribution in [2.75, 3.05) is 14.1 Å². The zero-order valence-corrected chi connectivity index (χ0v) is 14.9. The van der Waals surface area contributed by atoms with E-state index in [-0.39, 0.29) is 11.1 Å².